The molecule has 0 spiro atoms. The molecule has 106 valence electrons. The topological polar surface area (TPSA) is 84.3 Å². The van der Waals surface area contributed by atoms with E-state index >= 15 is 0 Å². The molecule has 0 aliphatic heterocycles. The van der Waals surface area contributed by atoms with E-state index in [2.05, 4.69) is 15.3 Å². The van der Waals surface area contributed by atoms with Crippen LogP contribution in [0.25, 0.3) is 0 Å². The Bertz CT molecular complexity index is 441. The van der Waals surface area contributed by atoms with Gasteiger partial charge in [-0.25, -0.2) is 9.97 Å². The highest BCUT2D eigenvalue weighted by atomic mass is 16.5. The molecule has 6 heteroatoms. The standard InChI is InChI=1S/C13H21N3O3/c1-13(2,3)12-15-9(8-19-4)7-10(16-12)14-6-5-11(17)18/h7H,5-6,8H2,1-4H3,(H,17,18)(H,14,15,16). The Balaban J connectivity index is 2.90. The number of aliphatic carboxylic acids is 1. The fraction of sp³-hybridized carbons (Fsp3) is 0.615. The molecule has 1 aromatic rings. The van der Waals surface area contributed by atoms with Crippen molar-refractivity contribution in [2.75, 3.05) is 19.0 Å². The maximum Gasteiger partial charge on any atom is 0.305 e. The Hall–Kier alpha value is -1.69. The predicted octanol–water partition coefficient (Wildman–Crippen LogP) is 1.81. The summed E-state index contributed by atoms with van der Waals surface area (Å²) in [4.78, 5) is 19.4. The second-order valence-corrected chi connectivity index (χ2v) is 5.32. The van der Waals surface area contributed by atoms with Crippen molar-refractivity contribution in [3.8, 4) is 0 Å². The van der Waals surface area contributed by atoms with Crippen LogP contribution in [0.2, 0.25) is 0 Å². The molecule has 1 aromatic heterocycles. The van der Waals surface area contributed by atoms with Gasteiger partial charge in [-0.05, 0) is 0 Å². The van der Waals surface area contributed by atoms with Crippen LogP contribution in [0.15, 0.2) is 6.07 Å². The highest BCUT2D eigenvalue weighted by Crippen LogP contribution is 2.20. The van der Waals surface area contributed by atoms with Crippen molar-refractivity contribution in [3.63, 3.8) is 0 Å². The lowest BCUT2D eigenvalue weighted by Gasteiger charge is -2.18. The summed E-state index contributed by atoms with van der Waals surface area (Å²) in [7, 11) is 1.61. The molecule has 19 heavy (non-hydrogen) atoms. The number of rotatable bonds is 6. The Morgan fingerprint density at radius 2 is 2.11 bits per heavy atom. The zero-order chi connectivity index (χ0) is 14.5. The van der Waals surface area contributed by atoms with Gasteiger partial charge in [0, 0.05) is 25.1 Å². The predicted molar refractivity (Wildman–Crippen MR) is 72.2 cm³/mol. The van der Waals surface area contributed by atoms with Crippen LogP contribution >= 0.6 is 0 Å². The molecule has 0 atom stereocenters. The number of anilines is 1. The Morgan fingerprint density at radius 3 is 2.63 bits per heavy atom. The highest BCUT2D eigenvalue weighted by Gasteiger charge is 2.19. The minimum Gasteiger partial charge on any atom is -0.481 e. The van der Waals surface area contributed by atoms with Crippen LogP contribution in [0, 0.1) is 0 Å². The minimum absolute atomic E-state index is 0.0501. The van der Waals surface area contributed by atoms with Crippen molar-refractivity contribution in [2.45, 2.75) is 39.2 Å². The Labute approximate surface area is 113 Å². The zero-order valence-corrected chi connectivity index (χ0v) is 11.9. The van der Waals surface area contributed by atoms with Gasteiger partial charge in [0.05, 0.1) is 18.7 Å². The first-order valence-electron chi connectivity index (χ1n) is 6.16. The monoisotopic (exact) mass is 267 g/mol. The van der Waals surface area contributed by atoms with E-state index < -0.39 is 5.97 Å². The number of aromatic nitrogens is 2. The summed E-state index contributed by atoms with van der Waals surface area (Å²) in [5.74, 6) is 0.503. The minimum atomic E-state index is -0.838. The van der Waals surface area contributed by atoms with Gasteiger partial charge in [0.2, 0.25) is 0 Å². The number of hydrogen-bond acceptors (Lipinski definition) is 5. The summed E-state index contributed by atoms with van der Waals surface area (Å²) >= 11 is 0. The van der Waals surface area contributed by atoms with Crippen LogP contribution in [-0.4, -0.2) is 34.7 Å². The summed E-state index contributed by atoms with van der Waals surface area (Å²) in [6, 6.07) is 1.78. The van der Waals surface area contributed by atoms with Crippen molar-refractivity contribution < 1.29 is 14.6 Å². The summed E-state index contributed by atoms with van der Waals surface area (Å²) in [5, 5.41) is 11.6. The first-order chi connectivity index (χ1) is 8.82. The molecule has 2 N–H and O–H groups in total. The molecule has 6 nitrogen and oxygen atoms in total. The molecule has 0 unspecified atom stereocenters. The fourth-order valence-electron chi connectivity index (χ4n) is 1.44. The van der Waals surface area contributed by atoms with E-state index in [9.17, 15) is 4.79 Å². The average Bonchev–Trinajstić information content (AvgIpc) is 2.27. The molecule has 0 saturated heterocycles. The quantitative estimate of drug-likeness (QED) is 0.817. The number of carbonyl (C=O) groups is 1. The molecule has 0 radical (unpaired) electrons. The van der Waals surface area contributed by atoms with Gasteiger partial charge in [0.25, 0.3) is 0 Å². The number of ether oxygens (including phenoxy) is 1. The molecular formula is C13H21N3O3. The summed E-state index contributed by atoms with van der Waals surface area (Å²) in [5.41, 5.74) is 0.604. The summed E-state index contributed by atoms with van der Waals surface area (Å²) in [6.07, 6.45) is 0.0501. The van der Waals surface area contributed by atoms with Crippen molar-refractivity contribution in [1.82, 2.24) is 9.97 Å². The van der Waals surface area contributed by atoms with E-state index in [0.29, 0.717) is 24.8 Å². The third kappa shape index (κ3) is 5.21. The van der Waals surface area contributed by atoms with Gasteiger partial charge in [-0.3, -0.25) is 4.79 Å². The number of nitrogens with one attached hydrogen (secondary N) is 1. The number of carboxylic acid groups (broad SMARTS) is 1. The molecule has 0 saturated carbocycles. The van der Waals surface area contributed by atoms with Gasteiger partial charge < -0.3 is 15.2 Å². The first-order valence-corrected chi connectivity index (χ1v) is 6.16. The van der Waals surface area contributed by atoms with Crippen molar-refractivity contribution in [1.29, 1.82) is 0 Å². The van der Waals surface area contributed by atoms with Gasteiger partial charge in [0.15, 0.2) is 0 Å². The average molecular weight is 267 g/mol. The third-order valence-electron chi connectivity index (χ3n) is 2.39. The normalized spacial score (nSPS) is 11.4. The SMILES string of the molecule is COCc1cc(NCCC(=O)O)nc(C(C)(C)C)n1. The number of carboxylic acids is 1. The lowest BCUT2D eigenvalue weighted by molar-refractivity contribution is -0.136. The van der Waals surface area contributed by atoms with E-state index in [1.807, 2.05) is 20.8 Å². The molecule has 0 aliphatic carbocycles. The highest BCUT2D eigenvalue weighted by molar-refractivity contribution is 5.67. The smallest absolute Gasteiger partial charge is 0.305 e. The maximum absolute atomic E-state index is 10.5. The Kier molecular flexibility index (Phi) is 5.23. The maximum atomic E-state index is 10.5. The van der Waals surface area contributed by atoms with E-state index in [1.54, 1.807) is 13.2 Å². The van der Waals surface area contributed by atoms with E-state index in [0.717, 1.165) is 5.69 Å². The van der Waals surface area contributed by atoms with Crippen molar-refractivity contribution in [2.24, 2.45) is 0 Å². The van der Waals surface area contributed by atoms with E-state index in [-0.39, 0.29) is 11.8 Å². The van der Waals surface area contributed by atoms with Gasteiger partial charge >= 0.3 is 5.97 Å². The van der Waals surface area contributed by atoms with Gasteiger partial charge in [0.1, 0.15) is 11.6 Å². The van der Waals surface area contributed by atoms with Crippen LogP contribution in [0.3, 0.4) is 0 Å². The molecule has 1 rings (SSSR count). The van der Waals surface area contributed by atoms with Gasteiger partial charge in [-0.1, -0.05) is 20.8 Å². The third-order valence-corrected chi connectivity index (χ3v) is 2.39. The second-order valence-electron chi connectivity index (χ2n) is 5.32. The van der Waals surface area contributed by atoms with Crippen LogP contribution in [-0.2, 0) is 21.6 Å². The lowest BCUT2D eigenvalue weighted by Crippen LogP contribution is -2.19. The van der Waals surface area contributed by atoms with Gasteiger partial charge in [-0.15, -0.1) is 0 Å². The van der Waals surface area contributed by atoms with Crippen LogP contribution in [0.1, 0.15) is 38.7 Å². The molecule has 1 heterocycles. The largest absolute Gasteiger partial charge is 0.481 e. The fourth-order valence-corrected chi connectivity index (χ4v) is 1.44. The molecular weight excluding hydrogens is 246 g/mol. The molecule has 0 aliphatic rings. The lowest BCUT2D eigenvalue weighted by atomic mass is 9.95. The van der Waals surface area contributed by atoms with Crippen LogP contribution in [0.4, 0.5) is 5.82 Å². The number of methoxy groups -OCH3 is 1. The first kappa shape index (κ1) is 15.4. The number of nitrogens with zero attached hydrogens (tertiary/aromatic N) is 2. The Morgan fingerprint density at radius 1 is 1.42 bits per heavy atom. The van der Waals surface area contributed by atoms with Crippen LogP contribution in [0.5, 0.6) is 0 Å². The zero-order valence-electron chi connectivity index (χ0n) is 11.9. The second kappa shape index (κ2) is 6.47. The van der Waals surface area contributed by atoms with Gasteiger partial charge in [-0.2, -0.15) is 0 Å². The van der Waals surface area contributed by atoms with E-state index in [4.69, 9.17) is 9.84 Å². The van der Waals surface area contributed by atoms with Crippen LogP contribution < -0.4 is 5.32 Å². The van der Waals surface area contributed by atoms with Crippen molar-refractivity contribution in [3.05, 3.63) is 17.6 Å². The summed E-state index contributed by atoms with van der Waals surface area (Å²) in [6.45, 7) is 6.82. The molecule has 0 bridgehead atoms. The molecule has 0 aromatic carbocycles. The summed E-state index contributed by atoms with van der Waals surface area (Å²) < 4.78 is 5.08. The number of hydrogen-bond donors (Lipinski definition) is 2. The van der Waals surface area contributed by atoms with E-state index in [1.165, 1.54) is 0 Å². The van der Waals surface area contributed by atoms with Crippen molar-refractivity contribution >= 4 is 11.8 Å². The molecule has 0 amide bonds. The molecule has 0 fully saturated rings.